The molecule has 0 saturated heterocycles. The summed E-state index contributed by atoms with van der Waals surface area (Å²) < 4.78 is 0. The summed E-state index contributed by atoms with van der Waals surface area (Å²) in [5.74, 6) is -0.324. The molecule has 0 spiro atoms. The van der Waals surface area contributed by atoms with E-state index in [0.29, 0.717) is 6.42 Å². The van der Waals surface area contributed by atoms with E-state index in [1.54, 1.807) is 6.08 Å². The molecule has 0 aliphatic rings. The molecule has 0 aromatic heterocycles. The third-order valence-corrected chi connectivity index (χ3v) is 9.48. The Bertz CT molecular complexity index is 694. The van der Waals surface area contributed by atoms with Gasteiger partial charge in [-0.3, -0.25) is 4.79 Å². The van der Waals surface area contributed by atoms with Crippen molar-refractivity contribution in [2.75, 3.05) is 6.61 Å². The Labute approximate surface area is 292 Å². The molecule has 0 aliphatic carbocycles. The lowest BCUT2D eigenvalue weighted by Gasteiger charge is -2.21. The molecule has 0 heterocycles. The fourth-order valence-corrected chi connectivity index (χ4v) is 6.27. The highest BCUT2D eigenvalue weighted by Gasteiger charge is 2.20. The topological polar surface area (TPSA) is 89.8 Å². The molecule has 5 nitrogen and oxygen atoms in total. The van der Waals surface area contributed by atoms with Gasteiger partial charge in [-0.15, -0.1) is 0 Å². The fourth-order valence-electron chi connectivity index (χ4n) is 6.27. The predicted octanol–water partition coefficient (Wildman–Crippen LogP) is 11.4. The van der Waals surface area contributed by atoms with E-state index in [2.05, 4.69) is 31.3 Å². The average Bonchev–Trinajstić information content (AvgIpc) is 3.06. The SMILES string of the molecule is CCCCCCCCC/C=C\CCCCCC(O)CC(=O)NC(CO)C(O)/C=C/CCCCCCCCCCCCCCCCCC. The molecule has 278 valence electrons. The van der Waals surface area contributed by atoms with Gasteiger partial charge in [-0.2, -0.15) is 0 Å². The Balaban J connectivity index is 3.71. The van der Waals surface area contributed by atoms with Crippen LogP contribution in [-0.4, -0.2) is 46.1 Å². The maximum absolute atomic E-state index is 12.4. The number of unbranched alkanes of at least 4 members (excludes halogenated alkanes) is 26. The minimum atomic E-state index is -0.930. The normalized spacial score (nSPS) is 13.9. The highest BCUT2D eigenvalue weighted by molar-refractivity contribution is 5.76. The van der Waals surface area contributed by atoms with Gasteiger partial charge in [-0.1, -0.05) is 186 Å². The molecule has 0 aromatic carbocycles. The Hall–Kier alpha value is -1.17. The molecule has 0 bridgehead atoms. The summed E-state index contributed by atoms with van der Waals surface area (Å²) in [6.07, 6.45) is 44.5. The van der Waals surface area contributed by atoms with Crippen LogP contribution in [0.2, 0.25) is 0 Å². The Morgan fingerprint density at radius 3 is 1.30 bits per heavy atom. The maximum Gasteiger partial charge on any atom is 0.222 e. The van der Waals surface area contributed by atoms with E-state index in [4.69, 9.17) is 0 Å². The summed E-state index contributed by atoms with van der Waals surface area (Å²) in [6.45, 7) is 4.20. The predicted molar refractivity (Wildman–Crippen MR) is 204 cm³/mol. The van der Waals surface area contributed by atoms with Crippen LogP contribution in [0.25, 0.3) is 0 Å². The van der Waals surface area contributed by atoms with Crippen LogP contribution in [0.4, 0.5) is 0 Å². The lowest BCUT2D eigenvalue weighted by atomic mass is 10.0. The molecule has 3 unspecified atom stereocenters. The quantitative estimate of drug-likeness (QED) is 0.0393. The summed E-state index contributed by atoms with van der Waals surface area (Å²) in [5.41, 5.74) is 0. The van der Waals surface area contributed by atoms with Crippen molar-refractivity contribution in [3.8, 4) is 0 Å². The van der Waals surface area contributed by atoms with Crippen molar-refractivity contribution in [1.82, 2.24) is 5.32 Å². The van der Waals surface area contributed by atoms with Crippen molar-refractivity contribution in [2.45, 2.75) is 231 Å². The molecular formula is C42H81NO4. The molecule has 0 radical (unpaired) electrons. The molecule has 5 heteroatoms. The number of nitrogens with one attached hydrogen (secondary N) is 1. The molecule has 0 aliphatic heterocycles. The van der Waals surface area contributed by atoms with Crippen molar-refractivity contribution in [2.24, 2.45) is 0 Å². The summed E-state index contributed by atoms with van der Waals surface area (Å²) in [6, 6.07) is -0.746. The van der Waals surface area contributed by atoms with E-state index in [1.165, 1.54) is 148 Å². The van der Waals surface area contributed by atoms with Gasteiger partial charge >= 0.3 is 0 Å². The van der Waals surface area contributed by atoms with E-state index in [0.717, 1.165) is 38.5 Å². The van der Waals surface area contributed by atoms with E-state index < -0.39 is 18.2 Å². The zero-order valence-corrected chi connectivity index (χ0v) is 31.4. The van der Waals surface area contributed by atoms with Crippen LogP contribution in [-0.2, 0) is 4.79 Å². The third kappa shape index (κ3) is 34.5. The number of hydrogen-bond acceptors (Lipinski definition) is 4. The smallest absolute Gasteiger partial charge is 0.222 e. The minimum absolute atomic E-state index is 0.00444. The monoisotopic (exact) mass is 664 g/mol. The van der Waals surface area contributed by atoms with Crippen LogP contribution < -0.4 is 5.32 Å². The van der Waals surface area contributed by atoms with Gasteiger partial charge < -0.3 is 20.6 Å². The fraction of sp³-hybridized carbons (Fsp3) is 0.881. The van der Waals surface area contributed by atoms with Crippen LogP contribution in [0.3, 0.4) is 0 Å². The first-order valence-corrected chi connectivity index (χ1v) is 20.6. The van der Waals surface area contributed by atoms with Crippen LogP contribution in [0.1, 0.15) is 213 Å². The summed E-state index contributed by atoms with van der Waals surface area (Å²) in [4.78, 5) is 12.4. The minimum Gasteiger partial charge on any atom is -0.394 e. The van der Waals surface area contributed by atoms with Gasteiger partial charge in [0.25, 0.3) is 0 Å². The van der Waals surface area contributed by atoms with Gasteiger partial charge in [-0.05, 0) is 44.9 Å². The van der Waals surface area contributed by atoms with Gasteiger partial charge in [0.15, 0.2) is 0 Å². The number of carbonyl (C=O) groups is 1. The van der Waals surface area contributed by atoms with Gasteiger partial charge in [0.05, 0.1) is 31.3 Å². The van der Waals surface area contributed by atoms with Crippen LogP contribution in [0, 0.1) is 0 Å². The first-order chi connectivity index (χ1) is 23.0. The number of aliphatic hydroxyl groups excluding tert-OH is 3. The third-order valence-electron chi connectivity index (χ3n) is 9.48. The van der Waals surface area contributed by atoms with Crippen LogP contribution in [0.15, 0.2) is 24.3 Å². The number of hydrogen-bond donors (Lipinski definition) is 4. The number of rotatable bonds is 37. The molecule has 0 rings (SSSR count). The van der Waals surface area contributed by atoms with Crippen molar-refractivity contribution >= 4 is 5.91 Å². The molecule has 1 amide bonds. The average molecular weight is 664 g/mol. The van der Waals surface area contributed by atoms with Crippen molar-refractivity contribution < 1.29 is 20.1 Å². The number of amides is 1. The van der Waals surface area contributed by atoms with Crippen LogP contribution in [0.5, 0.6) is 0 Å². The summed E-state index contributed by atoms with van der Waals surface area (Å²) in [5, 5.41) is 33.1. The molecule has 0 fully saturated rings. The molecular weight excluding hydrogens is 582 g/mol. The Morgan fingerprint density at radius 1 is 0.532 bits per heavy atom. The number of aliphatic hydroxyl groups is 3. The zero-order chi connectivity index (χ0) is 34.5. The zero-order valence-electron chi connectivity index (χ0n) is 31.4. The molecule has 3 atom stereocenters. The molecule has 0 aromatic rings. The van der Waals surface area contributed by atoms with Gasteiger partial charge in [0.2, 0.25) is 5.91 Å². The number of carbonyl (C=O) groups excluding carboxylic acids is 1. The second kappa shape index (κ2) is 37.6. The van der Waals surface area contributed by atoms with Gasteiger partial charge in [-0.25, -0.2) is 0 Å². The van der Waals surface area contributed by atoms with Gasteiger partial charge in [0, 0.05) is 0 Å². The van der Waals surface area contributed by atoms with E-state index in [-0.39, 0.29) is 18.9 Å². The second-order valence-electron chi connectivity index (χ2n) is 14.2. The van der Waals surface area contributed by atoms with Crippen molar-refractivity contribution in [3.05, 3.63) is 24.3 Å². The van der Waals surface area contributed by atoms with Crippen molar-refractivity contribution in [1.29, 1.82) is 0 Å². The number of allylic oxidation sites excluding steroid dienone is 3. The summed E-state index contributed by atoms with van der Waals surface area (Å²) >= 11 is 0. The first-order valence-electron chi connectivity index (χ1n) is 20.6. The van der Waals surface area contributed by atoms with E-state index in [9.17, 15) is 20.1 Å². The first kappa shape index (κ1) is 45.8. The van der Waals surface area contributed by atoms with E-state index >= 15 is 0 Å². The second-order valence-corrected chi connectivity index (χ2v) is 14.2. The van der Waals surface area contributed by atoms with Gasteiger partial charge in [0.1, 0.15) is 0 Å². The van der Waals surface area contributed by atoms with Crippen molar-refractivity contribution in [3.63, 3.8) is 0 Å². The largest absolute Gasteiger partial charge is 0.394 e. The standard InChI is InChI=1S/C42H81NO4/c1-3-5-7-9-11-13-15-17-19-20-21-22-24-26-28-30-32-34-36-41(46)40(38-44)43-42(47)37-39(45)35-33-31-29-27-25-23-18-16-14-12-10-8-6-4-2/h23,25,34,36,39-41,44-46H,3-22,24,26-33,35,37-38H2,1-2H3,(H,43,47)/b25-23-,36-34+. The molecule has 47 heavy (non-hydrogen) atoms. The highest BCUT2D eigenvalue weighted by Crippen LogP contribution is 2.15. The Morgan fingerprint density at radius 2 is 0.894 bits per heavy atom. The lowest BCUT2D eigenvalue weighted by Crippen LogP contribution is -2.45. The molecule has 0 saturated carbocycles. The highest BCUT2D eigenvalue weighted by atomic mass is 16.3. The lowest BCUT2D eigenvalue weighted by molar-refractivity contribution is -0.124. The van der Waals surface area contributed by atoms with E-state index in [1.807, 2.05) is 6.08 Å². The summed E-state index contributed by atoms with van der Waals surface area (Å²) in [7, 11) is 0. The maximum atomic E-state index is 12.4. The molecule has 4 N–H and O–H groups in total. The van der Waals surface area contributed by atoms with Crippen LogP contribution >= 0.6 is 0 Å². The Kier molecular flexibility index (Phi) is 36.7.